The Kier molecular flexibility index (Phi) is 11.4. The van der Waals surface area contributed by atoms with E-state index in [0.29, 0.717) is 0 Å². The monoisotopic (exact) mass is 789 g/mol. The standard InChI is InChI=1S/C45H47N3O10/c1-47(35(41(51)46-22-23-49)27-31-11-5-2-6-12-31)43(53)44-28-36-37-38(57-45(56-37,33-13-7-3-8-14-33)34-15-9-4-10-16-34)40(44)58-48(39(44)42(52)55-36)29-32-19-17-30(18-20-32)21-25-54-26-24-50/h2-21,25,35-40,49-50H,22-24,26-29H2,1H3,(H,46,51). The number of carbonyl (C=O) groups excluding carboxylic acids is 3. The number of amides is 2. The molecule has 2 bridgehead atoms. The first kappa shape index (κ1) is 39.4. The molecule has 0 aromatic heterocycles. The molecule has 4 fully saturated rings. The number of aliphatic hydroxyl groups is 2. The molecule has 3 saturated heterocycles. The number of nitrogens with one attached hydrogen (secondary N) is 1. The van der Waals surface area contributed by atoms with E-state index in [4.69, 9.17) is 28.9 Å². The van der Waals surface area contributed by atoms with Crippen molar-refractivity contribution in [3.8, 4) is 0 Å². The molecule has 4 aliphatic rings. The van der Waals surface area contributed by atoms with E-state index in [1.165, 1.54) is 16.2 Å². The van der Waals surface area contributed by atoms with Crippen molar-refractivity contribution in [1.82, 2.24) is 15.3 Å². The lowest BCUT2D eigenvalue weighted by Gasteiger charge is -2.50. The molecule has 3 aliphatic heterocycles. The van der Waals surface area contributed by atoms with E-state index in [1.807, 2.05) is 115 Å². The average molecular weight is 790 g/mol. The second kappa shape index (κ2) is 16.8. The SMILES string of the molecule is CN(C(=O)C12CC3OC(=O)C1N(Cc1ccc(C=COCCO)cc1)OC2C1OC(c2ccccc2)(c2ccccc2)OC31)C(Cc1ccccc1)C(=O)NCCO. The van der Waals surface area contributed by atoms with Gasteiger partial charge in [0.1, 0.15) is 42.5 Å². The molecule has 7 atom stereocenters. The van der Waals surface area contributed by atoms with E-state index >= 15 is 4.79 Å². The normalized spacial score (nSPS) is 26.1. The van der Waals surface area contributed by atoms with Crippen molar-refractivity contribution >= 4 is 23.9 Å². The maximum atomic E-state index is 15.6. The van der Waals surface area contributed by atoms with E-state index in [9.17, 15) is 14.7 Å². The number of aliphatic hydroxyl groups excluding tert-OH is 2. The second-order valence-electron chi connectivity index (χ2n) is 15.0. The highest BCUT2D eigenvalue weighted by Gasteiger charge is 2.77. The van der Waals surface area contributed by atoms with Gasteiger partial charge in [0.25, 0.3) is 0 Å². The summed E-state index contributed by atoms with van der Waals surface area (Å²) in [5.74, 6) is -2.96. The summed E-state index contributed by atoms with van der Waals surface area (Å²) in [7, 11) is 1.58. The third-order valence-corrected chi connectivity index (χ3v) is 11.5. The average Bonchev–Trinajstić information content (AvgIpc) is 3.84. The highest BCUT2D eigenvalue weighted by Crippen LogP contribution is 2.59. The summed E-state index contributed by atoms with van der Waals surface area (Å²) in [4.78, 5) is 52.2. The van der Waals surface area contributed by atoms with E-state index in [1.54, 1.807) is 13.1 Å². The molecule has 13 nitrogen and oxygen atoms in total. The lowest BCUT2D eigenvalue weighted by Crippen LogP contribution is -2.70. The Bertz CT molecular complexity index is 2050. The summed E-state index contributed by atoms with van der Waals surface area (Å²) >= 11 is 0. The van der Waals surface area contributed by atoms with Crippen molar-refractivity contribution in [2.75, 3.05) is 33.4 Å². The number of fused-ring (bicyclic) bond motifs is 4. The van der Waals surface area contributed by atoms with Crippen LogP contribution in [0.3, 0.4) is 0 Å². The summed E-state index contributed by atoms with van der Waals surface area (Å²) in [6.07, 6.45) is -0.0740. The van der Waals surface area contributed by atoms with Gasteiger partial charge in [-0.1, -0.05) is 115 Å². The van der Waals surface area contributed by atoms with Gasteiger partial charge in [0.05, 0.1) is 26.0 Å². The molecule has 3 heterocycles. The first-order chi connectivity index (χ1) is 28.3. The van der Waals surface area contributed by atoms with Crippen LogP contribution in [0.25, 0.3) is 6.08 Å². The maximum Gasteiger partial charge on any atom is 0.327 e. The van der Waals surface area contributed by atoms with Crippen molar-refractivity contribution in [1.29, 1.82) is 0 Å². The van der Waals surface area contributed by atoms with Crippen LogP contribution in [-0.4, -0.2) is 108 Å². The smallest absolute Gasteiger partial charge is 0.327 e. The van der Waals surface area contributed by atoms with Gasteiger partial charge >= 0.3 is 5.97 Å². The van der Waals surface area contributed by atoms with E-state index in [0.717, 1.165) is 27.8 Å². The van der Waals surface area contributed by atoms with Crippen LogP contribution < -0.4 is 5.32 Å². The highest BCUT2D eigenvalue weighted by molar-refractivity contribution is 5.96. The third kappa shape index (κ3) is 7.18. The fraction of sp³-hybridized carbons (Fsp3) is 0.356. The number of hydrogen-bond donors (Lipinski definition) is 3. The molecule has 0 spiro atoms. The number of nitrogens with zero attached hydrogens (tertiary/aromatic N) is 2. The highest BCUT2D eigenvalue weighted by atomic mass is 16.8. The molecular formula is C45H47N3O10. The predicted octanol–water partition coefficient (Wildman–Crippen LogP) is 3.33. The summed E-state index contributed by atoms with van der Waals surface area (Å²) in [5.41, 5.74) is 2.37. The lowest BCUT2D eigenvalue weighted by molar-refractivity contribution is -0.214. The minimum atomic E-state index is -1.55. The Morgan fingerprint density at radius 1 is 0.879 bits per heavy atom. The Morgan fingerprint density at radius 2 is 1.52 bits per heavy atom. The number of hydroxylamine groups is 2. The van der Waals surface area contributed by atoms with Crippen LogP contribution in [0.2, 0.25) is 0 Å². The minimum Gasteiger partial charge on any atom is -0.499 e. The zero-order valence-corrected chi connectivity index (χ0v) is 32.1. The zero-order chi connectivity index (χ0) is 40.3. The van der Waals surface area contributed by atoms with Crippen molar-refractivity contribution in [2.24, 2.45) is 5.41 Å². The second-order valence-corrected chi connectivity index (χ2v) is 15.0. The number of esters is 1. The molecule has 4 aromatic carbocycles. The Morgan fingerprint density at radius 3 is 2.16 bits per heavy atom. The number of hydrogen-bond acceptors (Lipinski definition) is 11. The molecule has 8 rings (SSSR count). The van der Waals surface area contributed by atoms with Crippen LogP contribution in [0.4, 0.5) is 0 Å². The number of benzene rings is 4. The van der Waals surface area contributed by atoms with Crippen LogP contribution in [0, 0.1) is 5.41 Å². The largest absolute Gasteiger partial charge is 0.499 e. The van der Waals surface area contributed by atoms with Gasteiger partial charge in [-0.15, -0.1) is 0 Å². The van der Waals surface area contributed by atoms with Crippen molar-refractivity contribution in [3.63, 3.8) is 0 Å². The Hall–Kier alpha value is -5.41. The minimum absolute atomic E-state index is 0.00802. The topological polar surface area (TPSA) is 156 Å². The first-order valence-corrected chi connectivity index (χ1v) is 19.6. The van der Waals surface area contributed by atoms with Crippen molar-refractivity contribution < 1.29 is 48.4 Å². The van der Waals surface area contributed by atoms with E-state index in [-0.39, 0.29) is 45.8 Å². The summed E-state index contributed by atoms with van der Waals surface area (Å²) in [5, 5.41) is 22.9. The number of rotatable bonds is 15. The van der Waals surface area contributed by atoms with Gasteiger partial charge in [-0.05, 0) is 22.8 Å². The number of carbonyl (C=O) groups is 3. The van der Waals surface area contributed by atoms with E-state index in [2.05, 4.69) is 5.32 Å². The van der Waals surface area contributed by atoms with Crippen molar-refractivity contribution in [3.05, 3.63) is 149 Å². The molecule has 2 amide bonds. The lowest BCUT2D eigenvalue weighted by atomic mass is 9.62. The fourth-order valence-corrected chi connectivity index (χ4v) is 8.84. The van der Waals surface area contributed by atoms with Crippen LogP contribution in [-0.2, 0) is 56.9 Å². The number of ether oxygens (including phenoxy) is 4. The van der Waals surface area contributed by atoms with Gasteiger partial charge in [0.2, 0.25) is 17.6 Å². The molecule has 3 N–H and O–H groups in total. The molecule has 13 heteroatoms. The summed E-state index contributed by atoms with van der Waals surface area (Å²) in [6.45, 7) is -0.0481. The molecule has 1 aliphatic carbocycles. The van der Waals surface area contributed by atoms with Gasteiger partial charge in [-0.2, -0.15) is 5.06 Å². The van der Waals surface area contributed by atoms with Gasteiger partial charge in [-0.3, -0.25) is 19.2 Å². The first-order valence-electron chi connectivity index (χ1n) is 19.6. The van der Waals surface area contributed by atoms with Gasteiger partial charge < -0.3 is 39.4 Å². The summed E-state index contributed by atoms with van der Waals surface area (Å²) < 4.78 is 25.6. The molecule has 0 radical (unpaired) electrons. The van der Waals surface area contributed by atoms with Crippen LogP contribution in [0.1, 0.15) is 34.2 Å². The van der Waals surface area contributed by atoms with Crippen LogP contribution >= 0.6 is 0 Å². The molecule has 58 heavy (non-hydrogen) atoms. The predicted molar refractivity (Wildman–Crippen MR) is 210 cm³/mol. The summed E-state index contributed by atoms with van der Waals surface area (Å²) in [6, 6.07) is 33.8. The van der Waals surface area contributed by atoms with Gasteiger partial charge in [0, 0.05) is 37.6 Å². The van der Waals surface area contributed by atoms with E-state index < -0.39 is 65.5 Å². The molecular weight excluding hydrogens is 743 g/mol. The molecule has 4 aromatic rings. The quantitative estimate of drug-likeness (QED) is 0.0923. The molecule has 1 saturated carbocycles. The Labute approximate surface area is 336 Å². The van der Waals surface area contributed by atoms with Crippen LogP contribution in [0.5, 0.6) is 0 Å². The molecule has 302 valence electrons. The van der Waals surface area contributed by atoms with Gasteiger partial charge in [-0.25, -0.2) is 0 Å². The third-order valence-electron chi connectivity index (χ3n) is 11.5. The van der Waals surface area contributed by atoms with Crippen LogP contribution in [0.15, 0.2) is 122 Å². The van der Waals surface area contributed by atoms with Gasteiger partial charge in [0.15, 0.2) is 6.04 Å². The molecule has 7 unspecified atom stereocenters. The maximum absolute atomic E-state index is 15.6. The fourth-order valence-electron chi connectivity index (χ4n) is 8.84. The van der Waals surface area contributed by atoms with Crippen molar-refractivity contribution in [2.45, 2.75) is 61.7 Å². The zero-order valence-electron chi connectivity index (χ0n) is 32.1. The number of likely N-dealkylation sites (N-methyl/N-ethyl adjacent to an activating group) is 1. The Balaban J connectivity index is 1.20.